The molecule has 0 unspecified atom stereocenters. The first-order valence-corrected chi connectivity index (χ1v) is 9.92. The average Bonchev–Trinajstić information content (AvgIpc) is 2.76. The van der Waals surface area contributed by atoms with Gasteiger partial charge < -0.3 is 20.5 Å². The van der Waals surface area contributed by atoms with Crippen molar-refractivity contribution in [2.24, 2.45) is 15.7 Å². The molecule has 3 heterocycles. The zero-order chi connectivity index (χ0) is 24.7. The number of aliphatic imine (C=N–C) groups is 2. The first kappa shape index (κ1) is 23.6. The largest absolute Gasteiger partial charge is 0.470 e. The maximum Gasteiger partial charge on any atom is 0.425 e. The molecule has 2 aromatic rings. The van der Waals surface area contributed by atoms with Crippen molar-refractivity contribution in [3.05, 3.63) is 47.2 Å². The molecule has 0 radical (unpaired) electrons. The van der Waals surface area contributed by atoms with E-state index in [-0.39, 0.29) is 35.2 Å². The van der Waals surface area contributed by atoms with E-state index >= 15 is 0 Å². The fraction of sp³-hybridized carbons (Fsp3) is 0.400. The first-order chi connectivity index (χ1) is 15.9. The lowest BCUT2D eigenvalue weighted by Gasteiger charge is -2.36. The maximum absolute atomic E-state index is 15.0. The Bertz CT molecular complexity index is 1140. The molecular formula is C20H18F6N6O2. The molecule has 182 valence electrons. The van der Waals surface area contributed by atoms with Crippen molar-refractivity contribution in [1.82, 2.24) is 15.3 Å². The van der Waals surface area contributed by atoms with Crippen LogP contribution < -0.4 is 15.8 Å². The van der Waals surface area contributed by atoms with E-state index in [1.165, 1.54) is 25.3 Å². The number of ether oxygens (including phenoxy) is 2. The topological polar surface area (TPSA) is 107 Å². The highest BCUT2D eigenvalue weighted by atomic mass is 19.4. The Morgan fingerprint density at radius 2 is 2.03 bits per heavy atom. The number of halogens is 6. The van der Waals surface area contributed by atoms with Crippen LogP contribution in [-0.2, 0) is 16.8 Å². The van der Waals surface area contributed by atoms with Crippen LogP contribution in [0.3, 0.4) is 0 Å². The second-order valence-corrected chi connectivity index (χ2v) is 7.79. The highest BCUT2D eigenvalue weighted by Crippen LogP contribution is 2.42. The van der Waals surface area contributed by atoms with Crippen LogP contribution in [-0.4, -0.2) is 47.1 Å². The van der Waals surface area contributed by atoms with Crippen LogP contribution in [0.15, 0.2) is 34.5 Å². The van der Waals surface area contributed by atoms with Gasteiger partial charge in [-0.25, -0.2) is 33.1 Å². The van der Waals surface area contributed by atoms with E-state index in [2.05, 4.69) is 30.0 Å². The summed E-state index contributed by atoms with van der Waals surface area (Å²) in [5, 5.41) is 2.93. The Morgan fingerprint density at radius 3 is 2.68 bits per heavy atom. The number of nitrogens with zero attached hydrogens (tertiary/aromatic N) is 4. The van der Waals surface area contributed by atoms with Gasteiger partial charge in [-0.2, -0.15) is 13.2 Å². The second kappa shape index (κ2) is 8.65. The zero-order valence-electron chi connectivity index (χ0n) is 17.5. The second-order valence-electron chi connectivity index (χ2n) is 7.79. The first-order valence-electron chi connectivity index (χ1n) is 9.92. The number of hydrogen-bond acceptors (Lipinski definition) is 8. The van der Waals surface area contributed by atoms with E-state index in [1.807, 2.05) is 0 Å². The molecule has 2 aliphatic heterocycles. The molecule has 0 amide bonds. The lowest BCUT2D eigenvalue weighted by molar-refractivity contribution is -0.208. The molecule has 14 heteroatoms. The van der Waals surface area contributed by atoms with Gasteiger partial charge >= 0.3 is 6.18 Å². The van der Waals surface area contributed by atoms with E-state index in [4.69, 9.17) is 10.5 Å². The van der Waals surface area contributed by atoms with Crippen LogP contribution in [0.4, 0.5) is 32.0 Å². The van der Waals surface area contributed by atoms with Gasteiger partial charge in [-0.1, -0.05) is 0 Å². The molecule has 0 saturated heterocycles. The van der Waals surface area contributed by atoms with Crippen molar-refractivity contribution in [2.45, 2.75) is 44.1 Å². The number of amidine groups is 2. The molecule has 0 fully saturated rings. The van der Waals surface area contributed by atoms with Gasteiger partial charge in [0.25, 0.3) is 12.4 Å². The predicted molar refractivity (Wildman–Crippen MR) is 107 cm³/mol. The van der Waals surface area contributed by atoms with Crippen molar-refractivity contribution >= 4 is 17.5 Å². The van der Waals surface area contributed by atoms with Gasteiger partial charge in [0.1, 0.15) is 11.5 Å². The fourth-order valence-corrected chi connectivity index (χ4v) is 3.63. The molecular weight excluding hydrogens is 470 g/mol. The van der Waals surface area contributed by atoms with Gasteiger partial charge in [0.05, 0.1) is 23.6 Å². The Morgan fingerprint density at radius 1 is 1.26 bits per heavy atom. The molecule has 0 saturated carbocycles. The van der Waals surface area contributed by atoms with E-state index in [9.17, 15) is 26.3 Å². The minimum absolute atomic E-state index is 0.104. The normalized spacial score (nSPS) is 22.3. The third-order valence-corrected chi connectivity index (χ3v) is 5.22. The lowest BCUT2D eigenvalue weighted by Crippen LogP contribution is -2.46. The van der Waals surface area contributed by atoms with Gasteiger partial charge in [0.2, 0.25) is 5.88 Å². The van der Waals surface area contributed by atoms with Gasteiger partial charge in [-0.3, -0.25) is 0 Å². The summed E-state index contributed by atoms with van der Waals surface area (Å²) in [4.78, 5) is 16.3. The number of benzene rings is 1. The van der Waals surface area contributed by atoms with Gasteiger partial charge in [-0.05, 0) is 24.6 Å². The van der Waals surface area contributed by atoms with Crippen molar-refractivity contribution < 1.29 is 35.8 Å². The number of hydrogen-bond donors (Lipinski definition) is 2. The fourth-order valence-electron chi connectivity index (χ4n) is 3.63. The smallest absolute Gasteiger partial charge is 0.425 e. The van der Waals surface area contributed by atoms with Crippen molar-refractivity contribution in [3.8, 4) is 5.88 Å². The zero-order valence-corrected chi connectivity index (χ0v) is 17.5. The molecule has 34 heavy (non-hydrogen) atoms. The van der Waals surface area contributed by atoms with E-state index in [0.29, 0.717) is 5.56 Å². The Balaban J connectivity index is 1.65. The summed E-state index contributed by atoms with van der Waals surface area (Å²) in [6.07, 6.45) is -7.90. The number of rotatable bonds is 5. The van der Waals surface area contributed by atoms with Crippen LogP contribution in [0.5, 0.6) is 5.88 Å². The average molecular weight is 488 g/mol. The Hall–Kier alpha value is -3.58. The van der Waals surface area contributed by atoms with Crippen LogP contribution >= 0.6 is 0 Å². The number of fused-ring (bicyclic) bond motifs is 1. The molecule has 3 N–H and O–H groups in total. The number of nitrogens with one attached hydrogen (secondary N) is 1. The number of alkyl halides is 5. The summed E-state index contributed by atoms with van der Waals surface area (Å²) in [5.41, 5.74) is 4.69. The molecule has 0 spiro atoms. The third kappa shape index (κ3) is 4.84. The molecule has 2 aliphatic rings. The molecule has 1 aromatic carbocycles. The highest BCUT2D eigenvalue weighted by molar-refractivity contribution is 5.99. The summed E-state index contributed by atoms with van der Waals surface area (Å²) in [6.45, 7) is 0.648. The predicted octanol–water partition coefficient (Wildman–Crippen LogP) is 3.32. The van der Waals surface area contributed by atoms with Gasteiger partial charge in [0, 0.05) is 18.5 Å². The van der Waals surface area contributed by atoms with Crippen molar-refractivity contribution in [2.75, 3.05) is 6.61 Å². The molecule has 2 atom stereocenters. The van der Waals surface area contributed by atoms with Crippen LogP contribution in [0.2, 0.25) is 0 Å². The number of aromatic nitrogens is 2. The lowest BCUT2D eigenvalue weighted by atomic mass is 9.84. The molecule has 0 bridgehead atoms. The summed E-state index contributed by atoms with van der Waals surface area (Å²) in [6, 6.07) is 1.79. The molecule has 1 aromatic heterocycles. The Kier molecular flexibility index (Phi) is 6.00. The molecule has 8 nitrogen and oxygen atoms in total. The standard InChI is InChI=1S/C20H18F6N6O2/c1-19(4-14(20(24,25)26)34-18(27)32-19)10-3-12-9(2-11(10)21)5-30-17(31-12)13-6-29-16(7-28-13)33-8-15(22)23/h2-3,6-7,14-15H,4-5,8H2,1H3,(H2,27,32)(H,30,31)/t14-,19-/m0/s1. The summed E-state index contributed by atoms with van der Waals surface area (Å²) >= 11 is 0. The maximum atomic E-state index is 15.0. The summed E-state index contributed by atoms with van der Waals surface area (Å²) < 4.78 is 88.7. The molecule has 4 rings (SSSR count). The van der Waals surface area contributed by atoms with Gasteiger partial charge in [0.15, 0.2) is 18.5 Å². The van der Waals surface area contributed by atoms with Crippen LogP contribution in [0, 0.1) is 5.82 Å². The molecule has 0 aliphatic carbocycles. The summed E-state index contributed by atoms with van der Waals surface area (Å²) in [5.74, 6) is -0.625. The van der Waals surface area contributed by atoms with Crippen molar-refractivity contribution in [1.29, 1.82) is 0 Å². The monoisotopic (exact) mass is 488 g/mol. The van der Waals surface area contributed by atoms with E-state index in [0.717, 1.165) is 6.20 Å². The minimum Gasteiger partial charge on any atom is -0.470 e. The number of nitrogens with two attached hydrogens (primary N) is 1. The van der Waals surface area contributed by atoms with Crippen LogP contribution in [0.25, 0.3) is 0 Å². The third-order valence-electron chi connectivity index (χ3n) is 5.22. The Labute approximate surface area is 188 Å². The van der Waals surface area contributed by atoms with E-state index in [1.54, 1.807) is 0 Å². The SMILES string of the molecule is C[C@@]1(c2cc3c(cc2F)CNC(c2cnc(OCC(F)F)cn2)=N3)C[C@@H](C(F)(F)F)OC(N)=N1. The highest BCUT2D eigenvalue weighted by Gasteiger charge is 2.50. The van der Waals surface area contributed by atoms with E-state index < -0.39 is 49.1 Å². The van der Waals surface area contributed by atoms with Crippen LogP contribution in [0.1, 0.15) is 30.2 Å². The summed E-state index contributed by atoms with van der Waals surface area (Å²) in [7, 11) is 0. The van der Waals surface area contributed by atoms with Gasteiger partial charge in [-0.15, -0.1) is 0 Å². The minimum atomic E-state index is -4.72. The van der Waals surface area contributed by atoms with Crippen molar-refractivity contribution in [3.63, 3.8) is 0 Å². The quantitative estimate of drug-likeness (QED) is 0.626.